The van der Waals surface area contributed by atoms with Crippen molar-refractivity contribution < 1.29 is 4.79 Å². The molecule has 162 valence electrons. The van der Waals surface area contributed by atoms with Crippen molar-refractivity contribution in [1.29, 1.82) is 0 Å². The predicted octanol–water partition coefficient (Wildman–Crippen LogP) is 4.74. The van der Waals surface area contributed by atoms with Gasteiger partial charge in [-0.2, -0.15) is 0 Å². The van der Waals surface area contributed by atoms with Gasteiger partial charge in [0, 0.05) is 41.3 Å². The van der Waals surface area contributed by atoms with Crippen LogP contribution in [0.25, 0.3) is 0 Å². The van der Waals surface area contributed by atoms with Crippen molar-refractivity contribution in [2.45, 2.75) is 25.9 Å². The van der Waals surface area contributed by atoms with Gasteiger partial charge in [-0.25, -0.2) is 4.99 Å². The van der Waals surface area contributed by atoms with Gasteiger partial charge >= 0.3 is 0 Å². The molecule has 2 heterocycles. The molecule has 1 saturated heterocycles. The van der Waals surface area contributed by atoms with Crippen LogP contribution in [0.5, 0.6) is 0 Å². The summed E-state index contributed by atoms with van der Waals surface area (Å²) < 4.78 is 0. The molecule has 1 amide bonds. The smallest absolute Gasteiger partial charge is 0.272 e. The molecule has 1 fully saturated rings. The maximum absolute atomic E-state index is 13.3. The van der Waals surface area contributed by atoms with Gasteiger partial charge in [0.15, 0.2) is 5.11 Å². The Balaban J connectivity index is 1.75. The van der Waals surface area contributed by atoms with Crippen LogP contribution < -0.4 is 10.2 Å². The molecule has 8 heteroatoms. The van der Waals surface area contributed by atoms with E-state index in [2.05, 4.69) is 17.1 Å². The van der Waals surface area contributed by atoms with E-state index in [1.54, 1.807) is 18.0 Å². The van der Waals surface area contributed by atoms with E-state index in [1.165, 1.54) is 0 Å². The van der Waals surface area contributed by atoms with Crippen molar-refractivity contribution in [3.05, 3.63) is 63.6 Å². The number of fused-ring (bicyclic) bond motifs is 1. The van der Waals surface area contributed by atoms with Crippen molar-refractivity contribution in [3.63, 3.8) is 0 Å². The van der Waals surface area contributed by atoms with Gasteiger partial charge in [0.25, 0.3) is 5.91 Å². The molecule has 2 aliphatic heterocycles. The lowest BCUT2D eigenvalue weighted by Gasteiger charge is -2.33. The molecule has 2 aliphatic rings. The molecule has 0 aromatic heterocycles. The van der Waals surface area contributed by atoms with Gasteiger partial charge in [-0.15, -0.1) is 0 Å². The lowest BCUT2D eigenvalue weighted by molar-refractivity contribution is -0.119. The van der Waals surface area contributed by atoms with Crippen molar-refractivity contribution in [3.8, 4) is 0 Å². The summed E-state index contributed by atoms with van der Waals surface area (Å²) in [6.45, 7) is 4.00. The second-order valence-corrected chi connectivity index (χ2v) is 9.27. The van der Waals surface area contributed by atoms with Crippen LogP contribution in [0.1, 0.15) is 30.9 Å². The highest BCUT2D eigenvalue weighted by Gasteiger charge is 2.32. The first-order chi connectivity index (χ1) is 14.8. The molecule has 2 aromatic rings. The fraction of sp³-hybridized carbons (Fsp3) is 0.348. The number of aliphatic imine (C=N–C) groups is 1. The molecule has 5 nitrogen and oxygen atoms in total. The Morgan fingerprint density at radius 2 is 1.84 bits per heavy atom. The van der Waals surface area contributed by atoms with E-state index in [1.807, 2.05) is 36.4 Å². The summed E-state index contributed by atoms with van der Waals surface area (Å²) in [6, 6.07) is 12.9. The number of amides is 1. The third-order valence-electron chi connectivity index (χ3n) is 5.86. The average molecular weight is 475 g/mol. The van der Waals surface area contributed by atoms with Gasteiger partial charge < -0.3 is 15.1 Å². The SMILES string of the molecule is CC1CCN(C(=S)NC2N=C(c3ccccc3Cl)c3cc(Cl)ccc3N(C)C2=O)CC1. The predicted molar refractivity (Wildman–Crippen MR) is 131 cm³/mol. The summed E-state index contributed by atoms with van der Waals surface area (Å²) in [4.78, 5) is 21.9. The van der Waals surface area contributed by atoms with Crippen LogP contribution in [0.3, 0.4) is 0 Å². The molecule has 4 rings (SSSR count). The number of benzene rings is 2. The number of piperidine rings is 1. The van der Waals surface area contributed by atoms with Crippen LogP contribution in [-0.2, 0) is 4.79 Å². The second kappa shape index (κ2) is 9.15. The van der Waals surface area contributed by atoms with Crippen LogP contribution in [0.15, 0.2) is 47.5 Å². The van der Waals surface area contributed by atoms with Crippen LogP contribution in [0, 0.1) is 5.92 Å². The lowest BCUT2D eigenvalue weighted by Crippen LogP contribution is -2.52. The Labute approximate surface area is 198 Å². The van der Waals surface area contributed by atoms with Gasteiger partial charge in [-0.05, 0) is 55.2 Å². The second-order valence-electron chi connectivity index (χ2n) is 8.04. The third-order valence-corrected chi connectivity index (χ3v) is 6.80. The maximum Gasteiger partial charge on any atom is 0.272 e. The number of nitrogens with one attached hydrogen (secondary N) is 1. The van der Waals surface area contributed by atoms with Crippen LogP contribution in [0.2, 0.25) is 10.0 Å². The number of benzodiazepines with no additional fused rings is 1. The zero-order valence-corrected chi connectivity index (χ0v) is 19.8. The van der Waals surface area contributed by atoms with Crippen molar-refractivity contribution in [2.75, 3.05) is 25.0 Å². The fourth-order valence-corrected chi connectivity index (χ4v) is 4.62. The van der Waals surface area contributed by atoms with E-state index in [4.69, 9.17) is 40.4 Å². The molecule has 1 atom stereocenters. The minimum atomic E-state index is -0.866. The summed E-state index contributed by atoms with van der Waals surface area (Å²) in [7, 11) is 1.74. The molecule has 2 aromatic carbocycles. The minimum Gasteiger partial charge on any atom is -0.349 e. The van der Waals surface area contributed by atoms with Crippen LogP contribution >= 0.6 is 35.4 Å². The van der Waals surface area contributed by atoms with Crippen LogP contribution in [-0.4, -0.2) is 47.9 Å². The van der Waals surface area contributed by atoms with Crippen molar-refractivity contribution in [2.24, 2.45) is 10.9 Å². The molecular weight excluding hydrogens is 451 g/mol. The van der Waals surface area contributed by atoms with Gasteiger partial charge in [-0.3, -0.25) is 4.79 Å². The zero-order valence-electron chi connectivity index (χ0n) is 17.4. The average Bonchev–Trinajstić information content (AvgIpc) is 2.85. The molecule has 31 heavy (non-hydrogen) atoms. The number of hydrogen-bond donors (Lipinski definition) is 1. The summed E-state index contributed by atoms with van der Waals surface area (Å²) in [6.07, 6.45) is 1.30. The quantitative estimate of drug-likeness (QED) is 0.638. The molecule has 0 saturated carbocycles. The summed E-state index contributed by atoms with van der Waals surface area (Å²) in [5, 5.41) is 4.85. The fourth-order valence-electron chi connectivity index (χ4n) is 3.93. The lowest BCUT2D eigenvalue weighted by atomic mass is 10.00. The van der Waals surface area contributed by atoms with E-state index in [0.29, 0.717) is 26.8 Å². The maximum atomic E-state index is 13.3. The number of hydrogen-bond acceptors (Lipinski definition) is 3. The number of likely N-dealkylation sites (tertiary alicyclic amines) is 1. The van der Waals surface area contributed by atoms with E-state index < -0.39 is 6.17 Å². The first kappa shape index (κ1) is 22.1. The summed E-state index contributed by atoms with van der Waals surface area (Å²) >= 11 is 18.5. The number of likely N-dealkylation sites (N-methyl/N-ethyl adjacent to an activating group) is 1. The third kappa shape index (κ3) is 4.56. The number of carbonyl (C=O) groups excluding carboxylic acids is 1. The van der Waals surface area contributed by atoms with Crippen molar-refractivity contribution in [1.82, 2.24) is 10.2 Å². The van der Waals surface area contributed by atoms with Crippen molar-refractivity contribution >= 4 is 57.8 Å². The van der Waals surface area contributed by atoms with E-state index in [-0.39, 0.29) is 5.91 Å². The minimum absolute atomic E-state index is 0.196. The van der Waals surface area contributed by atoms with E-state index in [0.717, 1.165) is 42.7 Å². The Hall–Kier alpha value is -2.15. The Kier molecular flexibility index (Phi) is 6.51. The Morgan fingerprint density at radius 3 is 2.55 bits per heavy atom. The van der Waals surface area contributed by atoms with Gasteiger partial charge in [0.1, 0.15) is 0 Å². The Bertz CT molecular complexity index is 1050. The molecule has 1 unspecified atom stereocenters. The zero-order chi connectivity index (χ0) is 22.1. The largest absolute Gasteiger partial charge is 0.349 e. The molecule has 0 aliphatic carbocycles. The van der Waals surface area contributed by atoms with E-state index >= 15 is 0 Å². The molecule has 0 bridgehead atoms. The first-order valence-corrected chi connectivity index (χ1v) is 11.5. The van der Waals surface area contributed by atoms with Gasteiger partial charge in [0.2, 0.25) is 6.17 Å². The topological polar surface area (TPSA) is 47.9 Å². The normalized spacial score (nSPS) is 19.5. The summed E-state index contributed by atoms with van der Waals surface area (Å²) in [5.74, 6) is 0.493. The van der Waals surface area contributed by atoms with E-state index in [9.17, 15) is 4.79 Å². The number of rotatable bonds is 2. The number of nitrogens with zero attached hydrogens (tertiary/aromatic N) is 3. The number of halogens is 2. The summed E-state index contributed by atoms with van der Waals surface area (Å²) in [5.41, 5.74) is 2.81. The highest BCUT2D eigenvalue weighted by molar-refractivity contribution is 7.80. The highest BCUT2D eigenvalue weighted by Crippen LogP contribution is 2.32. The number of anilines is 1. The molecular formula is C23H24Cl2N4OS. The van der Waals surface area contributed by atoms with Crippen LogP contribution in [0.4, 0.5) is 5.69 Å². The standard InChI is InChI=1S/C23H24Cl2N4OS/c1-14-9-11-29(12-10-14)23(31)27-21-22(30)28(2)19-8-7-15(24)13-17(19)20(26-21)16-5-3-4-6-18(16)25/h3-8,13-14,21H,9-12H2,1-2H3,(H,27,31). The van der Waals surface area contributed by atoms with Gasteiger partial charge in [-0.1, -0.05) is 48.3 Å². The number of carbonyl (C=O) groups is 1. The molecule has 0 spiro atoms. The van der Waals surface area contributed by atoms with Gasteiger partial charge in [0.05, 0.1) is 11.4 Å². The monoisotopic (exact) mass is 474 g/mol. The molecule has 0 radical (unpaired) electrons. The highest BCUT2D eigenvalue weighted by atomic mass is 35.5. The Morgan fingerprint density at radius 1 is 1.13 bits per heavy atom. The molecule has 1 N–H and O–H groups in total. The number of thiocarbonyl (C=S) groups is 1. The first-order valence-electron chi connectivity index (χ1n) is 10.3.